The minimum Gasteiger partial charge on any atom is -0.494 e. The van der Waals surface area contributed by atoms with Gasteiger partial charge in [-0.15, -0.1) is 0 Å². The maximum atomic E-state index is 13.1. The number of aryl methyl sites for hydroxylation is 1. The largest absolute Gasteiger partial charge is 0.494 e. The Labute approximate surface area is 219 Å². The van der Waals surface area contributed by atoms with Crippen LogP contribution in [0.4, 0.5) is 5.82 Å². The van der Waals surface area contributed by atoms with Gasteiger partial charge in [0.05, 0.1) is 19.5 Å². The van der Waals surface area contributed by atoms with Crippen LogP contribution in [0.3, 0.4) is 0 Å². The van der Waals surface area contributed by atoms with E-state index >= 15 is 0 Å². The molecule has 1 fully saturated rings. The number of aliphatic hydroxyl groups is 2. The summed E-state index contributed by atoms with van der Waals surface area (Å²) in [6.07, 6.45) is 0.00971. The third kappa shape index (κ3) is 5.17. The molecule has 3 heterocycles. The number of nitrogens with one attached hydrogen (secondary N) is 2. The molecule has 0 bridgehead atoms. The Morgan fingerprint density at radius 3 is 2.79 bits per heavy atom. The molecule has 2 aromatic heterocycles. The Morgan fingerprint density at radius 2 is 2.00 bits per heavy atom. The zero-order chi connectivity index (χ0) is 26.6. The number of fused-ring (bicyclic) bond motifs is 1. The van der Waals surface area contributed by atoms with E-state index in [2.05, 4.69) is 31.7 Å². The van der Waals surface area contributed by atoms with E-state index in [1.807, 2.05) is 32.0 Å². The highest BCUT2D eigenvalue weighted by Gasteiger charge is 2.46. The molecular weight excluding hydrogens is 488 g/mol. The summed E-state index contributed by atoms with van der Waals surface area (Å²) in [6.45, 7) is 4.49. The monoisotopic (exact) mass is 518 g/mol. The van der Waals surface area contributed by atoms with Crippen LogP contribution in [0.15, 0.2) is 61.2 Å². The van der Waals surface area contributed by atoms with Gasteiger partial charge in [0.2, 0.25) is 0 Å². The van der Waals surface area contributed by atoms with Crippen LogP contribution in [-0.4, -0.2) is 67.1 Å². The van der Waals surface area contributed by atoms with E-state index in [0.717, 1.165) is 11.1 Å². The van der Waals surface area contributed by atoms with Crippen molar-refractivity contribution in [1.82, 2.24) is 24.8 Å². The van der Waals surface area contributed by atoms with Gasteiger partial charge >= 0.3 is 0 Å². The molecule has 1 saturated heterocycles. The number of benzene rings is 2. The second-order valence-electron chi connectivity index (χ2n) is 9.09. The van der Waals surface area contributed by atoms with Crippen LogP contribution >= 0.6 is 0 Å². The van der Waals surface area contributed by atoms with Crippen LogP contribution in [-0.2, 0) is 11.3 Å². The van der Waals surface area contributed by atoms with Crippen LogP contribution in [0.5, 0.6) is 5.75 Å². The number of rotatable bonds is 9. The molecule has 11 nitrogen and oxygen atoms in total. The Balaban J connectivity index is 1.40. The lowest BCUT2D eigenvalue weighted by Crippen LogP contribution is -2.46. The second kappa shape index (κ2) is 11.1. The summed E-state index contributed by atoms with van der Waals surface area (Å²) in [5, 5.41) is 26.9. The molecule has 0 radical (unpaired) electrons. The van der Waals surface area contributed by atoms with E-state index in [1.165, 1.54) is 12.7 Å². The Bertz CT molecular complexity index is 1430. The molecule has 198 valence electrons. The molecule has 1 aliphatic heterocycles. The molecule has 5 rings (SSSR count). The van der Waals surface area contributed by atoms with Gasteiger partial charge in [-0.2, -0.15) is 0 Å². The number of carbonyl (C=O) groups excluding carboxylic acids is 1. The number of amides is 1. The van der Waals surface area contributed by atoms with E-state index in [-0.39, 0.29) is 0 Å². The van der Waals surface area contributed by atoms with Crippen molar-refractivity contribution in [3.8, 4) is 5.75 Å². The number of anilines is 1. The Morgan fingerprint density at radius 1 is 1.16 bits per heavy atom. The Kier molecular flexibility index (Phi) is 7.50. The molecule has 1 aliphatic rings. The summed E-state index contributed by atoms with van der Waals surface area (Å²) in [5.41, 5.74) is 3.60. The van der Waals surface area contributed by atoms with Crippen LogP contribution in [0, 0.1) is 6.92 Å². The van der Waals surface area contributed by atoms with Crippen LogP contribution < -0.4 is 15.4 Å². The van der Waals surface area contributed by atoms with Gasteiger partial charge in [0, 0.05) is 12.1 Å². The van der Waals surface area contributed by atoms with Crippen molar-refractivity contribution in [2.75, 3.05) is 18.5 Å². The number of ether oxygens (including phenoxy) is 2. The number of imidazole rings is 1. The SMILES string of the molecule is CCOc1cccc(C(=O)N[C@@H]2[C@H](O)[C@@H](CO)O[C@H]2n2cnc3c(NCc4cccc(C)c4)ncnc32)c1. The highest BCUT2D eigenvalue weighted by molar-refractivity contribution is 5.95. The van der Waals surface area contributed by atoms with Gasteiger partial charge in [-0.05, 0) is 37.6 Å². The summed E-state index contributed by atoms with van der Waals surface area (Å²) in [7, 11) is 0. The normalized spacial score (nSPS) is 20.9. The average Bonchev–Trinajstić information content (AvgIpc) is 3.49. The van der Waals surface area contributed by atoms with Crippen molar-refractivity contribution in [2.45, 2.75) is 44.9 Å². The van der Waals surface area contributed by atoms with Gasteiger partial charge in [-0.3, -0.25) is 9.36 Å². The van der Waals surface area contributed by atoms with Crippen LogP contribution in [0.2, 0.25) is 0 Å². The van der Waals surface area contributed by atoms with Crippen molar-refractivity contribution < 1.29 is 24.5 Å². The van der Waals surface area contributed by atoms with Gasteiger partial charge < -0.3 is 30.3 Å². The van der Waals surface area contributed by atoms with Crippen molar-refractivity contribution >= 4 is 22.9 Å². The molecule has 11 heteroatoms. The number of hydrogen-bond acceptors (Lipinski definition) is 9. The summed E-state index contributed by atoms with van der Waals surface area (Å²) < 4.78 is 13.1. The minimum atomic E-state index is -1.16. The maximum Gasteiger partial charge on any atom is 0.251 e. The molecule has 4 N–H and O–H groups in total. The first-order valence-electron chi connectivity index (χ1n) is 12.4. The lowest BCUT2D eigenvalue weighted by Gasteiger charge is -2.23. The number of nitrogens with zero attached hydrogens (tertiary/aromatic N) is 4. The molecular formula is C27H30N6O5. The molecule has 4 aromatic rings. The average molecular weight is 519 g/mol. The van der Waals surface area contributed by atoms with E-state index in [4.69, 9.17) is 9.47 Å². The number of aliphatic hydroxyl groups excluding tert-OH is 2. The molecule has 0 saturated carbocycles. The first-order chi connectivity index (χ1) is 18.5. The van der Waals surface area contributed by atoms with E-state index < -0.39 is 37.0 Å². The maximum absolute atomic E-state index is 13.1. The fourth-order valence-electron chi connectivity index (χ4n) is 4.59. The third-order valence-corrected chi connectivity index (χ3v) is 6.43. The summed E-state index contributed by atoms with van der Waals surface area (Å²) >= 11 is 0. The fraction of sp³-hybridized carbons (Fsp3) is 0.333. The quantitative estimate of drug-likeness (QED) is 0.262. The van der Waals surface area contributed by atoms with Gasteiger partial charge in [0.15, 0.2) is 23.2 Å². The number of hydrogen-bond donors (Lipinski definition) is 4. The standard InChI is InChI=1S/C27H30N6O5/c1-3-37-19-9-5-8-18(11-19)26(36)32-21-23(35)20(13-34)38-27(21)33-15-31-22-24(29-14-30-25(22)33)28-12-17-7-4-6-16(2)10-17/h4-11,14-15,20-21,23,27,34-35H,3,12-13H2,1-2H3,(H,32,36)(H,28,29,30)/t20-,21-,23-,27-/m1/s1. The Hall–Kier alpha value is -4.06. The van der Waals surface area contributed by atoms with E-state index in [9.17, 15) is 15.0 Å². The summed E-state index contributed by atoms with van der Waals surface area (Å²) in [5.74, 6) is 0.694. The first-order valence-corrected chi connectivity index (χ1v) is 12.4. The number of carbonyl (C=O) groups is 1. The smallest absolute Gasteiger partial charge is 0.251 e. The first kappa shape index (κ1) is 25.6. The lowest BCUT2D eigenvalue weighted by molar-refractivity contribution is -0.0440. The second-order valence-corrected chi connectivity index (χ2v) is 9.09. The summed E-state index contributed by atoms with van der Waals surface area (Å²) in [4.78, 5) is 26.4. The van der Waals surface area contributed by atoms with Gasteiger partial charge in [0.1, 0.15) is 30.3 Å². The van der Waals surface area contributed by atoms with Crippen LogP contribution in [0.25, 0.3) is 11.2 Å². The molecule has 38 heavy (non-hydrogen) atoms. The van der Waals surface area contributed by atoms with Crippen molar-refractivity contribution in [3.63, 3.8) is 0 Å². The number of aromatic nitrogens is 4. The molecule has 2 aromatic carbocycles. The molecule has 4 atom stereocenters. The highest BCUT2D eigenvalue weighted by atomic mass is 16.5. The van der Waals surface area contributed by atoms with Gasteiger partial charge in [-0.25, -0.2) is 15.0 Å². The van der Waals surface area contributed by atoms with Crippen molar-refractivity contribution in [3.05, 3.63) is 77.9 Å². The predicted octanol–water partition coefficient (Wildman–Crippen LogP) is 2.19. The predicted molar refractivity (Wildman–Crippen MR) is 140 cm³/mol. The van der Waals surface area contributed by atoms with Crippen molar-refractivity contribution in [1.29, 1.82) is 0 Å². The molecule has 0 spiro atoms. The lowest BCUT2D eigenvalue weighted by atomic mass is 10.1. The highest BCUT2D eigenvalue weighted by Crippen LogP contribution is 2.32. The molecule has 0 aliphatic carbocycles. The minimum absolute atomic E-state index is 0.370. The van der Waals surface area contributed by atoms with Crippen molar-refractivity contribution in [2.24, 2.45) is 0 Å². The summed E-state index contributed by atoms with van der Waals surface area (Å²) in [6, 6.07) is 14.0. The topological polar surface area (TPSA) is 144 Å². The molecule has 1 amide bonds. The fourth-order valence-corrected chi connectivity index (χ4v) is 4.59. The van der Waals surface area contributed by atoms with Crippen LogP contribution in [0.1, 0.15) is 34.6 Å². The van der Waals surface area contributed by atoms with Gasteiger partial charge in [0.25, 0.3) is 5.91 Å². The molecule has 0 unspecified atom stereocenters. The van der Waals surface area contributed by atoms with Gasteiger partial charge in [-0.1, -0.05) is 35.9 Å². The van der Waals surface area contributed by atoms with E-state index in [0.29, 0.717) is 41.4 Å². The third-order valence-electron chi connectivity index (χ3n) is 6.43. The zero-order valence-corrected chi connectivity index (χ0v) is 21.1. The zero-order valence-electron chi connectivity index (χ0n) is 21.1. The van der Waals surface area contributed by atoms with E-state index in [1.54, 1.807) is 28.8 Å².